The number of hydrogen-bond donors (Lipinski definition) is 0. The summed E-state index contributed by atoms with van der Waals surface area (Å²) in [4.78, 5) is 2.34. The van der Waals surface area contributed by atoms with Crippen molar-refractivity contribution in [2.24, 2.45) is 0 Å². The van der Waals surface area contributed by atoms with E-state index in [1.165, 1.54) is 55.2 Å². The molecular weight excluding hydrogens is 733 g/mol. The van der Waals surface area contributed by atoms with Crippen LogP contribution in [0.1, 0.15) is 22.6 Å². The molecule has 0 bridgehead atoms. The highest BCUT2D eigenvalue weighted by Gasteiger charge is 2.17. The van der Waals surface area contributed by atoms with Crippen LogP contribution in [0.3, 0.4) is 0 Å². The van der Waals surface area contributed by atoms with Gasteiger partial charge in [0.05, 0.1) is 11.0 Å². The number of rotatable bonds is 7. The molecule has 288 valence electrons. The Labute approximate surface area is 349 Å². The maximum atomic E-state index is 5.98. The van der Waals surface area contributed by atoms with Crippen LogP contribution >= 0.6 is 0 Å². The van der Waals surface area contributed by atoms with Crippen molar-refractivity contribution in [1.29, 1.82) is 0 Å². The largest absolute Gasteiger partial charge is 0.461 e. The monoisotopic (exact) mass is 774 g/mol. The quantitative estimate of drug-likeness (QED) is 0.162. The van der Waals surface area contributed by atoms with Gasteiger partial charge in [-0.3, -0.25) is 0 Å². The number of furan rings is 2. The Morgan fingerprint density at radius 1 is 0.350 bits per heavy atom. The zero-order valence-corrected chi connectivity index (χ0v) is 34.0. The Morgan fingerprint density at radius 3 is 1.25 bits per heavy atom. The number of aromatic nitrogens is 1. The van der Waals surface area contributed by atoms with Crippen molar-refractivity contribution in [1.82, 2.24) is 4.57 Å². The van der Waals surface area contributed by atoms with E-state index in [2.05, 4.69) is 205 Å². The fourth-order valence-corrected chi connectivity index (χ4v) is 8.91. The van der Waals surface area contributed by atoms with E-state index in [9.17, 15) is 0 Å². The second-order valence-electron chi connectivity index (χ2n) is 15.9. The molecular formula is C56H42N2O2. The van der Waals surface area contributed by atoms with Gasteiger partial charge in [-0.25, -0.2) is 0 Å². The van der Waals surface area contributed by atoms with Crippen molar-refractivity contribution in [2.45, 2.75) is 27.7 Å². The van der Waals surface area contributed by atoms with Gasteiger partial charge in [0.15, 0.2) is 0 Å². The SMILES string of the molecule is Cc1oc2ccc(-c3ccc(N(c4ccc(-c5ccc6oc(C)c(C)c6c5)cc4)c4ccc(-c5ccc6c(c5)c5ccccc5n6-c5ccccc5)cc4)cc3)cc2c1C. The minimum absolute atomic E-state index is 0.928. The smallest absolute Gasteiger partial charge is 0.134 e. The number of anilines is 3. The predicted molar refractivity (Wildman–Crippen MR) is 250 cm³/mol. The van der Waals surface area contributed by atoms with Crippen LogP contribution < -0.4 is 4.90 Å². The maximum absolute atomic E-state index is 5.98. The van der Waals surface area contributed by atoms with Crippen LogP contribution in [0.4, 0.5) is 17.1 Å². The molecule has 0 spiro atoms. The van der Waals surface area contributed by atoms with E-state index in [1.807, 2.05) is 13.8 Å². The first kappa shape index (κ1) is 35.6. The topological polar surface area (TPSA) is 34.5 Å². The summed E-state index contributed by atoms with van der Waals surface area (Å²) in [6.45, 7) is 8.31. The molecule has 3 aromatic heterocycles. The maximum Gasteiger partial charge on any atom is 0.134 e. The van der Waals surface area contributed by atoms with E-state index in [4.69, 9.17) is 8.83 Å². The van der Waals surface area contributed by atoms with Gasteiger partial charge in [0.25, 0.3) is 0 Å². The Hall–Kier alpha value is -7.56. The number of para-hydroxylation sites is 2. The van der Waals surface area contributed by atoms with Crippen molar-refractivity contribution in [2.75, 3.05) is 4.90 Å². The van der Waals surface area contributed by atoms with Crippen LogP contribution in [-0.4, -0.2) is 4.57 Å². The van der Waals surface area contributed by atoms with Crippen molar-refractivity contribution in [3.05, 3.63) is 205 Å². The first-order valence-electron chi connectivity index (χ1n) is 20.6. The first-order valence-corrected chi connectivity index (χ1v) is 20.6. The lowest BCUT2D eigenvalue weighted by Crippen LogP contribution is -2.09. The molecule has 11 rings (SSSR count). The highest BCUT2D eigenvalue weighted by Crippen LogP contribution is 2.40. The van der Waals surface area contributed by atoms with Gasteiger partial charge in [0, 0.05) is 44.3 Å². The van der Waals surface area contributed by atoms with Crippen molar-refractivity contribution in [3.8, 4) is 39.1 Å². The molecule has 0 amide bonds. The Bertz CT molecular complexity index is 3250. The molecule has 3 heterocycles. The standard InChI is InChI=1S/C56H42N2O2/c1-35-37(3)59-55-30-21-43(32-50(35)55)40-16-25-47(26-17-40)57(48-27-18-41(19-28-48)44-22-31-56-51(33-44)36(2)38(4)60-56)46-23-14-39(15-24-46)42-20-29-54-52(34-42)49-12-8-9-13-53(49)58(54)45-10-6-5-7-11-45/h5-34H,1-4H3. The third kappa shape index (κ3) is 5.91. The minimum atomic E-state index is 0.928. The molecule has 60 heavy (non-hydrogen) atoms. The summed E-state index contributed by atoms with van der Waals surface area (Å²) in [5.74, 6) is 1.93. The molecule has 4 nitrogen and oxygen atoms in total. The van der Waals surface area contributed by atoms with Crippen LogP contribution in [0.25, 0.3) is 82.8 Å². The molecule has 0 saturated heterocycles. The van der Waals surface area contributed by atoms with Crippen LogP contribution in [0.2, 0.25) is 0 Å². The fourth-order valence-electron chi connectivity index (χ4n) is 8.91. The van der Waals surface area contributed by atoms with E-state index in [0.29, 0.717) is 0 Å². The van der Waals surface area contributed by atoms with Crippen LogP contribution in [0, 0.1) is 27.7 Å². The van der Waals surface area contributed by atoms with E-state index >= 15 is 0 Å². The van der Waals surface area contributed by atoms with Crippen molar-refractivity contribution in [3.63, 3.8) is 0 Å². The predicted octanol–water partition coefficient (Wildman–Crippen LogP) is 16.0. The molecule has 0 aliphatic rings. The van der Waals surface area contributed by atoms with Gasteiger partial charge in [0.2, 0.25) is 0 Å². The molecule has 0 atom stereocenters. The summed E-state index contributed by atoms with van der Waals surface area (Å²) in [5, 5.41) is 4.81. The average molecular weight is 775 g/mol. The highest BCUT2D eigenvalue weighted by atomic mass is 16.3. The molecule has 11 aromatic rings. The van der Waals surface area contributed by atoms with E-state index in [1.54, 1.807) is 0 Å². The summed E-state index contributed by atoms with van der Waals surface area (Å²) in [6.07, 6.45) is 0. The number of benzene rings is 8. The van der Waals surface area contributed by atoms with Crippen LogP contribution in [0.15, 0.2) is 191 Å². The Balaban J connectivity index is 0.973. The molecule has 0 N–H and O–H groups in total. The minimum Gasteiger partial charge on any atom is -0.461 e. The number of fused-ring (bicyclic) bond motifs is 5. The van der Waals surface area contributed by atoms with Gasteiger partial charge in [-0.15, -0.1) is 0 Å². The molecule has 0 radical (unpaired) electrons. The molecule has 0 saturated carbocycles. The summed E-state index contributed by atoms with van der Waals surface area (Å²) in [5.41, 5.74) is 18.1. The van der Waals surface area contributed by atoms with E-state index < -0.39 is 0 Å². The van der Waals surface area contributed by atoms with Gasteiger partial charge in [-0.1, -0.05) is 91.0 Å². The van der Waals surface area contributed by atoms with Gasteiger partial charge in [-0.2, -0.15) is 0 Å². The lowest BCUT2D eigenvalue weighted by atomic mass is 10.0. The van der Waals surface area contributed by atoms with Crippen molar-refractivity contribution >= 4 is 60.8 Å². The zero-order chi connectivity index (χ0) is 40.5. The molecule has 4 heteroatoms. The lowest BCUT2D eigenvalue weighted by molar-refractivity contribution is 0.574. The summed E-state index contributed by atoms with van der Waals surface area (Å²) in [7, 11) is 0. The van der Waals surface area contributed by atoms with Gasteiger partial charge in [-0.05, 0) is 163 Å². The Kier molecular flexibility index (Phi) is 8.35. The first-order chi connectivity index (χ1) is 29.4. The van der Waals surface area contributed by atoms with Crippen LogP contribution in [0.5, 0.6) is 0 Å². The normalized spacial score (nSPS) is 11.7. The lowest BCUT2D eigenvalue weighted by Gasteiger charge is -2.26. The van der Waals surface area contributed by atoms with E-state index in [0.717, 1.165) is 67.3 Å². The number of aryl methyl sites for hydroxylation is 4. The zero-order valence-electron chi connectivity index (χ0n) is 34.0. The van der Waals surface area contributed by atoms with Gasteiger partial charge >= 0.3 is 0 Å². The summed E-state index contributed by atoms with van der Waals surface area (Å²) < 4.78 is 14.3. The van der Waals surface area contributed by atoms with Crippen LogP contribution in [-0.2, 0) is 0 Å². The second kappa shape index (κ2) is 14.1. The average Bonchev–Trinajstić information content (AvgIpc) is 3.89. The molecule has 0 aliphatic carbocycles. The molecule has 0 unspecified atom stereocenters. The van der Waals surface area contributed by atoms with Crippen molar-refractivity contribution < 1.29 is 8.83 Å². The second-order valence-corrected chi connectivity index (χ2v) is 15.9. The molecule has 0 aliphatic heterocycles. The third-order valence-corrected chi connectivity index (χ3v) is 12.4. The molecule has 0 fully saturated rings. The molecule has 8 aromatic carbocycles. The summed E-state index contributed by atoms with van der Waals surface area (Å²) >= 11 is 0. The highest BCUT2D eigenvalue weighted by molar-refractivity contribution is 6.10. The van der Waals surface area contributed by atoms with Gasteiger partial charge in [0.1, 0.15) is 22.7 Å². The Morgan fingerprint density at radius 2 is 0.750 bits per heavy atom. The number of nitrogens with zero attached hydrogens (tertiary/aromatic N) is 2. The summed E-state index contributed by atoms with van der Waals surface area (Å²) in [6, 6.07) is 65.9. The third-order valence-electron chi connectivity index (χ3n) is 12.4. The van der Waals surface area contributed by atoms with Gasteiger partial charge < -0.3 is 18.3 Å². The number of hydrogen-bond acceptors (Lipinski definition) is 3. The van der Waals surface area contributed by atoms with E-state index in [-0.39, 0.29) is 0 Å². The fraction of sp³-hybridized carbons (Fsp3) is 0.0714.